The second kappa shape index (κ2) is 6.93. The molecule has 1 aliphatic heterocycles. The van der Waals surface area contributed by atoms with Crippen LogP contribution in [0.3, 0.4) is 0 Å². The maximum Gasteiger partial charge on any atom is 0.262 e. The van der Waals surface area contributed by atoms with Crippen molar-refractivity contribution in [3.8, 4) is 11.5 Å². The summed E-state index contributed by atoms with van der Waals surface area (Å²) < 4.78 is 34.1. The highest BCUT2D eigenvalue weighted by molar-refractivity contribution is 7.92. The Hall–Kier alpha value is -3.32. The van der Waals surface area contributed by atoms with Crippen LogP contribution in [0.25, 0.3) is 0 Å². The summed E-state index contributed by atoms with van der Waals surface area (Å²) in [6, 6.07) is 15.3. The van der Waals surface area contributed by atoms with E-state index >= 15 is 0 Å². The molecule has 0 aromatic heterocycles. The Labute approximate surface area is 169 Å². The first-order valence-corrected chi connectivity index (χ1v) is 10.6. The highest BCUT2D eigenvalue weighted by Crippen LogP contribution is 2.37. The molecule has 4 rings (SSSR count). The maximum atomic E-state index is 12.8. The predicted octanol–water partition coefficient (Wildman–Crippen LogP) is 4.77. The molecule has 0 unspecified atom stereocenters. The number of carbonyl (C=O) groups excluding carboxylic acids is 1. The Morgan fingerprint density at radius 3 is 2.31 bits per heavy atom. The van der Waals surface area contributed by atoms with Crippen LogP contribution >= 0.6 is 0 Å². The van der Waals surface area contributed by atoms with Crippen LogP contribution in [0, 0.1) is 20.8 Å². The van der Waals surface area contributed by atoms with Gasteiger partial charge in [-0.15, -0.1) is 0 Å². The molecule has 0 bridgehead atoms. The lowest BCUT2D eigenvalue weighted by molar-refractivity contribution is 0.102. The van der Waals surface area contributed by atoms with Gasteiger partial charge in [0, 0.05) is 5.69 Å². The number of benzene rings is 3. The zero-order chi connectivity index (χ0) is 20.8. The molecule has 7 heteroatoms. The minimum Gasteiger partial charge on any atom is -0.454 e. The zero-order valence-corrected chi connectivity index (χ0v) is 17.1. The molecule has 0 radical (unpaired) electrons. The van der Waals surface area contributed by atoms with E-state index in [1.54, 1.807) is 37.3 Å². The Balaban J connectivity index is 1.68. The van der Waals surface area contributed by atoms with Crippen LogP contribution in [-0.4, -0.2) is 14.3 Å². The fraction of sp³-hybridized carbons (Fsp3) is 0.136. The number of rotatable bonds is 3. The van der Waals surface area contributed by atoms with Gasteiger partial charge in [-0.3, -0.25) is 9.52 Å². The van der Waals surface area contributed by atoms with Gasteiger partial charge in [0.2, 0.25) is 0 Å². The molecule has 1 heterocycles. The molecule has 6 nitrogen and oxygen atoms in total. The number of hydrogen-bond donors (Lipinski definition) is 2. The minimum absolute atomic E-state index is 0.196. The Morgan fingerprint density at radius 1 is 0.862 bits per heavy atom. The largest absolute Gasteiger partial charge is 0.454 e. The molecular formula is C22H20N2O4S. The van der Waals surface area contributed by atoms with Gasteiger partial charge in [-0.2, -0.15) is 0 Å². The molecule has 3 aromatic carbocycles. The van der Waals surface area contributed by atoms with Gasteiger partial charge in [-0.25, -0.2) is 8.42 Å². The Morgan fingerprint density at radius 2 is 1.55 bits per heavy atom. The van der Waals surface area contributed by atoms with Crippen LogP contribution in [0.5, 0.6) is 11.5 Å². The molecule has 0 saturated heterocycles. The molecule has 148 valence electrons. The first kappa shape index (κ1) is 19.0. The number of nitrogens with one attached hydrogen (secondary N) is 2. The summed E-state index contributed by atoms with van der Waals surface area (Å²) in [5.74, 6) is 0.530. The van der Waals surface area contributed by atoms with Crippen molar-refractivity contribution in [2.75, 3.05) is 10.0 Å². The van der Waals surface area contributed by atoms with Gasteiger partial charge in [-0.05, 0) is 68.3 Å². The number of hydrogen-bond acceptors (Lipinski definition) is 4. The lowest BCUT2D eigenvalue weighted by Crippen LogP contribution is -2.15. The van der Waals surface area contributed by atoms with Crippen molar-refractivity contribution in [2.45, 2.75) is 25.7 Å². The SMILES string of the molecule is Cc1ccc(S(=O)(=O)Nc2ccc3c(c2)C(=O)Nc2cc(C)ccc2O3)c(C)c1. The van der Waals surface area contributed by atoms with Crippen molar-refractivity contribution >= 4 is 27.3 Å². The van der Waals surface area contributed by atoms with Gasteiger partial charge in [0.15, 0.2) is 5.75 Å². The van der Waals surface area contributed by atoms with Crippen molar-refractivity contribution < 1.29 is 17.9 Å². The van der Waals surface area contributed by atoms with Crippen LogP contribution in [-0.2, 0) is 10.0 Å². The smallest absolute Gasteiger partial charge is 0.262 e. The van der Waals surface area contributed by atoms with Crippen LogP contribution in [0.15, 0.2) is 59.5 Å². The highest BCUT2D eigenvalue weighted by atomic mass is 32.2. The average molecular weight is 408 g/mol. The molecule has 29 heavy (non-hydrogen) atoms. The first-order chi connectivity index (χ1) is 13.7. The number of anilines is 2. The van der Waals surface area contributed by atoms with Crippen molar-refractivity contribution in [3.63, 3.8) is 0 Å². The van der Waals surface area contributed by atoms with Gasteiger partial charge in [-0.1, -0.05) is 23.8 Å². The lowest BCUT2D eigenvalue weighted by atomic mass is 10.1. The maximum absolute atomic E-state index is 12.8. The molecule has 3 aromatic rings. The monoisotopic (exact) mass is 408 g/mol. The van der Waals surface area contributed by atoms with Crippen LogP contribution in [0.2, 0.25) is 0 Å². The van der Waals surface area contributed by atoms with Gasteiger partial charge < -0.3 is 10.1 Å². The minimum atomic E-state index is -3.80. The first-order valence-electron chi connectivity index (χ1n) is 9.07. The molecule has 0 atom stereocenters. The fourth-order valence-corrected chi connectivity index (χ4v) is 4.59. The van der Waals surface area contributed by atoms with E-state index in [4.69, 9.17) is 4.74 Å². The van der Waals surface area contributed by atoms with Crippen LogP contribution in [0.4, 0.5) is 11.4 Å². The molecule has 0 saturated carbocycles. The third kappa shape index (κ3) is 3.69. The molecule has 2 N–H and O–H groups in total. The van der Waals surface area contributed by atoms with Crippen LogP contribution < -0.4 is 14.8 Å². The number of sulfonamides is 1. The second-order valence-corrected chi connectivity index (χ2v) is 8.79. The molecular weight excluding hydrogens is 388 g/mol. The predicted molar refractivity (Wildman–Crippen MR) is 112 cm³/mol. The molecule has 1 amide bonds. The van der Waals surface area contributed by atoms with E-state index in [0.29, 0.717) is 22.7 Å². The van der Waals surface area contributed by atoms with E-state index < -0.39 is 10.0 Å². The number of fused-ring (bicyclic) bond motifs is 2. The summed E-state index contributed by atoms with van der Waals surface area (Å²) in [5.41, 5.74) is 3.72. The number of ether oxygens (including phenoxy) is 1. The summed E-state index contributed by atoms with van der Waals surface area (Å²) in [4.78, 5) is 12.9. The zero-order valence-electron chi connectivity index (χ0n) is 16.2. The van der Waals surface area contributed by atoms with E-state index in [1.807, 2.05) is 32.0 Å². The normalized spacial score (nSPS) is 12.9. The second-order valence-electron chi connectivity index (χ2n) is 7.14. The van der Waals surface area contributed by atoms with Crippen molar-refractivity contribution in [1.29, 1.82) is 0 Å². The molecule has 0 spiro atoms. The highest BCUT2D eigenvalue weighted by Gasteiger charge is 2.23. The van der Waals surface area contributed by atoms with Crippen molar-refractivity contribution in [3.05, 3.63) is 76.9 Å². The van der Waals surface area contributed by atoms with Gasteiger partial charge in [0.05, 0.1) is 16.1 Å². The van der Waals surface area contributed by atoms with E-state index in [-0.39, 0.29) is 22.1 Å². The van der Waals surface area contributed by atoms with E-state index in [2.05, 4.69) is 10.0 Å². The Bertz CT molecular complexity index is 1250. The summed E-state index contributed by atoms with van der Waals surface area (Å²) in [6.07, 6.45) is 0. The number of carbonyl (C=O) groups is 1. The third-order valence-corrected chi connectivity index (χ3v) is 6.24. The number of aryl methyl sites for hydroxylation is 3. The van der Waals surface area contributed by atoms with Gasteiger partial charge >= 0.3 is 0 Å². The summed E-state index contributed by atoms with van der Waals surface area (Å²) in [6.45, 7) is 5.57. The van der Waals surface area contributed by atoms with Gasteiger partial charge in [0.1, 0.15) is 5.75 Å². The molecule has 0 fully saturated rings. The third-order valence-electron chi connectivity index (χ3n) is 4.70. The summed E-state index contributed by atoms with van der Waals surface area (Å²) in [5, 5.41) is 2.82. The average Bonchev–Trinajstić information content (AvgIpc) is 2.77. The molecule has 0 aliphatic carbocycles. The van der Waals surface area contributed by atoms with Crippen molar-refractivity contribution in [2.24, 2.45) is 0 Å². The van der Waals surface area contributed by atoms with Crippen molar-refractivity contribution in [1.82, 2.24) is 0 Å². The topological polar surface area (TPSA) is 84.5 Å². The quantitative estimate of drug-likeness (QED) is 0.654. The summed E-state index contributed by atoms with van der Waals surface area (Å²) in [7, 11) is -3.80. The fourth-order valence-electron chi connectivity index (χ4n) is 3.31. The lowest BCUT2D eigenvalue weighted by Gasteiger charge is -2.13. The van der Waals surface area contributed by atoms with E-state index in [9.17, 15) is 13.2 Å². The van der Waals surface area contributed by atoms with E-state index in [1.165, 1.54) is 6.07 Å². The summed E-state index contributed by atoms with van der Waals surface area (Å²) >= 11 is 0. The number of amides is 1. The Kier molecular flexibility index (Phi) is 4.55. The van der Waals surface area contributed by atoms with E-state index in [0.717, 1.165) is 11.1 Å². The van der Waals surface area contributed by atoms with Crippen LogP contribution in [0.1, 0.15) is 27.0 Å². The standard InChI is InChI=1S/C22H20N2O4S/c1-13-5-9-21(15(3)10-13)29(26,27)24-16-6-8-19-17(12-16)22(25)23-18-11-14(2)4-7-20(18)28-19/h4-12,24H,1-3H3,(H,23,25). The molecule has 1 aliphatic rings. The van der Waals surface area contributed by atoms with Gasteiger partial charge in [0.25, 0.3) is 15.9 Å².